The summed E-state index contributed by atoms with van der Waals surface area (Å²) in [6.07, 6.45) is 6.21. The summed E-state index contributed by atoms with van der Waals surface area (Å²) in [5.74, 6) is 0.350. The van der Waals surface area contributed by atoms with Gasteiger partial charge in [-0.15, -0.1) is 0 Å². The van der Waals surface area contributed by atoms with E-state index in [0.717, 1.165) is 51.0 Å². The van der Waals surface area contributed by atoms with E-state index in [-0.39, 0.29) is 17.2 Å². The smallest absolute Gasteiger partial charge is 0.224 e. The van der Waals surface area contributed by atoms with Gasteiger partial charge in [0.15, 0.2) is 0 Å². The monoisotopic (exact) mass is 259 g/mol. The molecule has 2 heterocycles. The molecule has 1 aliphatic heterocycles. The topological polar surface area (TPSA) is 54.0 Å². The maximum atomic E-state index is 12.1. The lowest BCUT2D eigenvalue weighted by atomic mass is 9.97. The van der Waals surface area contributed by atoms with Crippen molar-refractivity contribution in [2.45, 2.75) is 31.1 Å². The summed E-state index contributed by atoms with van der Waals surface area (Å²) < 4.78 is 0. The number of carbonyl (C=O) groups excluding carboxylic acids is 1. The Hall–Kier alpha value is -1.42. The van der Waals surface area contributed by atoms with E-state index in [1.165, 1.54) is 0 Å². The molecular formula is C15H21N3O. The maximum absolute atomic E-state index is 12.1. The SMILES string of the molecule is O=C(NCC1(c2ccccn2)CC1)C1CCCNC1. The van der Waals surface area contributed by atoms with E-state index >= 15 is 0 Å². The van der Waals surface area contributed by atoms with Crippen LogP contribution in [0.3, 0.4) is 0 Å². The van der Waals surface area contributed by atoms with Crippen molar-refractivity contribution in [2.75, 3.05) is 19.6 Å². The Morgan fingerprint density at radius 3 is 3.00 bits per heavy atom. The van der Waals surface area contributed by atoms with Gasteiger partial charge < -0.3 is 10.6 Å². The van der Waals surface area contributed by atoms with E-state index in [1.54, 1.807) is 0 Å². The fourth-order valence-corrected chi connectivity index (χ4v) is 2.83. The number of piperidine rings is 1. The van der Waals surface area contributed by atoms with Crippen molar-refractivity contribution in [3.63, 3.8) is 0 Å². The first-order valence-electron chi connectivity index (χ1n) is 7.20. The average Bonchev–Trinajstić information content (AvgIpc) is 3.28. The number of carbonyl (C=O) groups is 1. The van der Waals surface area contributed by atoms with Gasteiger partial charge >= 0.3 is 0 Å². The highest BCUT2D eigenvalue weighted by atomic mass is 16.1. The normalized spacial score (nSPS) is 24.7. The largest absolute Gasteiger partial charge is 0.355 e. The van der Waals surface area contributed by atoms with Gasteiger partial charge in [0.2, 0.25) is 5.91 Å². The van der Waals surface area contributed by atoms with Crippen molar-refractivity contribution in [1.29, 1.82) is 0 Å². The van der Waals surface area contributed by atoms with Gasteiger partial charge in [-0.05, 0) is 44.4 Å². The molecule has 1 saturated carbocycles. The molecule has 2 fully saturated rings. The fraction of sp³-hybridized carbons (Fsp3) is 0.600. The second-order valence-corrected chi connectivity index (χ2v) is 5.76. The molecule has 1 atom stereocenters. The molecule has 1 amide bonds. The van der Waals surface area contributed by atoms with E-state index in [4.69, 9.17) is 0 Å². The molecule has 1 aliphatic carbocycles. The van der Waals surface area contributed by atoms with Crippen LogP contribution in [0.5, 0.6) is 0 Å². The van der Waals surface area contributed by atoms with Gasteiger partial charge in [-0.25, -0.2) is 0 Å². The van der Waals surface area contributed by atoms with Crippen molar-refractivity contribution in [2.24, 2.45) is 5.92 Å². The summed E-state index contributed by atoms with van der Waals surface area (Å²) in [5, 5.41) is 6.42. The van der Waals surface area contributed by atoms with Crippen LogP contribution >= 0.6 is 0 Å². The highest BCUT2D eigenvalue weighted by Crippen LogP contribution is 2.46. The van der Waals surface area contributed by atoms with Crippen molar-refractivity contribution in [3.05, 3.63) is 30.1 Å². The lowest BCUT2D eigenvalue weighted by molar-refractivity contribution is -0.125. The molecule has 4 nitrogen and oxygen atoms in total. The minimum Gasteiger partial charge on any atom is -0.355 e. The molecule has 102 valence electrons. The molecule has 2 aliphatic rings. The highest BCUT2D eigenvalue weighted by Gasteiger charge is 2.45. The summed E-state index contributed by atoms with van der Waals surface area (Å²) in [7, 11) is 0. The zero-order valence-electron chi connectivity index (χ0n) is 11.2. The number of hydrogen-bond donors (Lipinski definition) is 2. The quantitative estimate of drug-likeness (QED) is 0.855. The fourth-order valence-electron chi connectivity index (χ4n) is 2.83. The standard InChI is InChI=1S/C15H21N3O/c19-14(12-4-3-8-16-10-12)18-11-15(6-7-15)13-5-1-2-9-17-13/h1-2,5,9,12,16H,3-4,6-8,10-11H2,(H,18,19). The first-order chi connectivity index (χ1) is 9.30. The zero-order chi connectivity index (χ0) is 13.1. The van der Waals surface area contributed by atoms with E-state index in [2.05, 4.69) is 21.7 Å². The summed E-state index contributed by atoms with van der Waals surface area (Å²) in [4.78, 5) is 16.6. The second kappa shape index (κ2) is 5.29. The van der Waals surface area contributed by atoms with Crippen molar-refractivity contribution < 1.29 is 4.79 Å². The molecule has 3 rings (SSSR count). The third kappa shape index (κ3) is 2.78. The number of hydrogen-bond acceptors (Lipinski definition) is 3. The van der Waals surface area contributed by atoms with E-state index < -0.39 is 0 Å². The molecule has 1 saturated heterocycles. The Morgan fingerprint density at radius 2 is 2.37 bits per heavy atom. The predicted molar refractivity (Wildman–Crippen MR) is 73.8 cm³/mol. The molecule has 1 aromatic heterocycles. The molecular weight excluding hydrogens is 238 g/mol. The van der Waals surface area contributed by atoms with Crippen LogP contribution in [0, 0.1) is 5.92 Å². The van der Waals surface area contributed by atoms with Crippen molar-refractivity contribution in [3.8, 4) is 0 Å². The van der Waals surface area contributed by atoms with E-state index in [0.29, 0.717) is 0 Å². The zero-order valence-corrected chi connectivity index (χ0v) is 11.2. The number of amides is 1. The van der Waals surface area contributed by atoms with Gasteiger partial charge in [0.1, 0.15) is 0 Å². The summed E-state index contributed by atoms with van der Waals surface area (Å²) >= 11 is 0. The summed E-state index contributed by atoms with van der Waals surface area (Å²) in [6.45, 7) is 2.60. The molecule has 2 N–H and O–H groups in total. The molecule has 1 unspecified atom stereocenters. The van der Waals surface area contributed by atoms with Crippen LogP contribution in [0.2, 0.25) is 0 Å². The summed E-state index contributed by atoms with van der Waals surface area (Å²) in [5.41, 5.74) is 1.23. The van der Waals surface area contributed by atoms with Gasteiger partial charge in [-0.1, -0.05) is 6.07 Å². The third-order valence-corrected chi connectivity index (χ3v) is 4.33. The molecule has 0 radical (unpaired) electrons. The Bertz CT molecular complexity index is 436. The van der Waals surface area contributed by atoms with Gasteiger partial charge in [-0.2, -0.15) is 0 Å². The first kappa shape index (κ1) is 12.6. The van der Waals surface area contributed by atoms with Crippen LogP contribution in [0.25, 0.3) is 0 Å². The maximum Gasteiger partial charge on any atom is 0.224 e. The Kier molecular flexibility index (Phi) is 3.51. The van der Waals surface area contributed by atoms with Crippen LogP contribution in [0.4, 0.5) is 0 Å². The Labute approximate surface area is 114 Å². The minimum atomic E-state index is 0.110. The van der Waals surface area contributed by atoms with E-state index in [1.807, 2.05) is 18.3 Å². The molecule has 19 heavy (non-hydrogen) atoms. The van der Waals surface area contributed by atoms with Gasteiger partial charge in [0, 0.05) is 30.4 Å². The van der Waals surface area contributed by atoms with Crippen molar-refractivity contribution >= 4 is 5.91 Å². The molecule has 0 bridgehead atoms. The Morgan fingerprint density at radius 1 is 1.47 bits per heavy atom. The van der Waals surface area contributed by atoms with Crippen molar-refractivity contribution in [1.82, 2.24) is 15.6 Å². The number of rotatable bonds is 4. The van der Waals surface area contributed by atoms with Gasteiger partial charge in [-0.3, -0.25) is 9.78 Å². The highest BCUT2D eigenvalue weighted by molar-refractivity contribution is 5.79. The Balaban J connectivity index is 1.56. The third-order valence-electron chi connectivity index (χ3n) is 4.33. The van der Waals surface area contributed by atoms with Gasteiger partial charge in [0.25, 0.3) is 0 Å². The van der Waals surface area contributed by atoms with Crippen LogP contribution in [0.1, 0.15) is 31.4 Å². The van der Waals surface area contributed by atoms with Crippen LogP contribution in [-0.2, 0) is 10.2 Å². The molecule has 0 aromatic carbocycles. The average molecular weight is 259 g/mol. The molecule has 0 spiro atoms. The second-order valence-electron chi connectivity index (χ2n) is 5.76. The lowest BCUT2D eigenvalue weighted by Gasteiger charge is -2.23. The van der Waals surface area contributed by atoms with Crippen LogP contribution in [-0.4, -0.2) is 30.5 Å². The number of nitrogens with zero attached hydrogens (tertiary/aromatic N) is 1. The van der Waals surface area contributed by atoms with Crippen LogP contribution < -0.4 is 10.6 Å². The first-order valence-corrected chi connectivity index (χ1v) is 7.20. The number of nitrogens with one attached hydrogen (secondary N) is 2. The minimum absolute atomic E-state index is 0.110. The molecule has 1 aromatic rings. The summed E-state index contributed by atoms with van der Waals surface area (Å²) in [6, 6.07) is 6.03. The predicted octanol–water partition coefficient (Wildman–Crippen LogP) is 1.23. The lowest BCUT2D eigenvalue weighted by Crippen LogP contribution is -2.42. The molecule has 4 heteroatoms. The number of pyridine rings is 1. The van der Waals surface area contributed by atoms with Gasteiger partial charge in [0.05, 0.1) is 5.92 Å². The number of aromatic nitrogens is 1. The van der Waals surface area contributed by atoms with Crippen LogP contribution in [0.15, 0.2) is 24.4 Å². The van der Waals surface area contributed by atoms with E-state index in [9.17, 15) is 4.79 Å².